The second kappa shape index (κ2) is 8.66. The van der Waals surface area contributed by atoms with Crippen LogP contribution in [0.25, 0.3) is 6.08 Å². The summed E-state index contributed by atoms with van der Waals surface area (Å²) in [5, 5.41) is 0. The lowest BCUT2D eigenvalue weighted by atomic mass is 9.97. The lowest BCUT2D eigenvalue weighted by Gasteiger charge is -2.31. The molecule has 0 atom stereocenters. The molecule has 0 unspecified atom stereocenters. The summed E-state index contributed by atoms with van der Waals surface area (Å²) < 4.78 is 58.8. The SMILES string of the molecule is O=C(/C=C/c1ccco1)N1CCC(CNS(=O)(=O)c2cc(F)ccc2F)CC1. The Hall–Kier alpha value is -2.52. The van der Waals surface area contributed by atoms with Crippen molar-refractivity contribution in [2.45, 2.75) is 17.7 Å². The molecule has 1 aromatic carbocycles. The van der Waals surface area contributed by atoms with Gasteiger partial charge in [0, 0.05) is 25.7 Å². The van der Waals surface area contributed by atoms with Crippen molar-refractivity contribution in [2.75, 3.05) is 19.6 Å². The number of sulfonamides is 1. The number of nitrogens with one attached hydrogen (secondary N) is 1. The van der Waals surface area contributed by atoms with E-state index in [9.17, 15) is 22.0 Å². The number of furan rings is 1. The van der Waals surface area contributed by atoms with Crippen LogP contribution < -0.4 is 4.72 Å². The number of piperidine rings is 1. The maximum atomic E-state index is 13.7. The van der Waals surface area contributed by atoms with E-state index < -0.39 is 26.6 Å². The highest BCUT2D eigenvalue weighted by atomic mass is 32.2. The van der Waals surface area contributed by atoms with Crippen LogP contribution in [-0.4, -0.2) is 38.9 Å². The van der Waals surface area contributed by atoms with Crippen LogP contribution >= 0.6 is 0 Å². The second-order valence-electron chi connectivity index (χ2n) is 6.54. The Morgan fingerprint density at radius 3 is 2.68 bits per heavy atom. The van der Waals surface area contributed by atoms with Gasteiger partial charge in [0.25, 0.3) is 0 Å². The third-order valence-electron chi connectivity index (χ3n) is 4.60. The zero-order chi connectivity index (χ0) is 20.1. The van der Waals surface area contributed by atoms with E-state index >= 15 is 0 Å². The molecule has 1 N–H and O–H groups in total. The van der Waals surface area contributed by atoms with Crippen molar-refractivity contribution in [3.8, 4) is 0 Å². The molecule has 0 aliphatic carbocycles. The molecule has 0 saturated carbocycles. The quantitative estimate of drug-likeness (QED) is 0.743. The van der Waals surface area contributed by atoms with Crippen molar-refractivity contribution in [1.82, 2.24) is 9.62 Å². The number of hydrogen-bond donors (Lipinski definition) is 1. The van der Waals surface area contributed by atoms with Crippen LogP contribution in [0.3, 0.4) is 0 Å². The van der Waals surface area contributed by atoms with Gasteiger partial charge in [-0.2, -0.15) is 0 Å². The summed E-state index contributed by atoms with van der Waals surface area (Å²) in [7, 11) is -4.14. The average Bonchev–Trinajstić information content (AvgIpc) is 3.20. The first-order chi connectivity index (χ1) is 13.3. The van der Waals surface area contributed by atoms with E-state index in [0.29, 0.717) is 37.8 Å². The zero-order valence-electron chi connectivity index (χ0n) is 15.0. The van der Waals surface area contributed by atoms with Crippen molar-refractivity contribution in [1.29, 1.82) is 0 Å². The summed E-state index contributed by atoms with van der Waals surface area (Å²) in [6.07, 6.45) is 5.76. The minimum Gasteiger partial charge on any atom is -0.465 e. The Kier molecular flexibility index (Phi) is 6.25. The van der Waals surface area contributed by atoms with E-state index in [1.54, 1.807) is 23.1 Å². The minimum atomic E-state index is -4.14. The Bertz CT molecular complexity index is 950. The third kappa shape index (κ3) is 5.05. The van der Waals surface area contributed by atoms with Gasteiger partial charge >= 0.3 is 0 Å². The number of likely N-dealkylation sites (tertiary alicyclic amines) is 1. The molecule has 1 saturated heterocycles. The van der Waals surface area contributed by atoms with Crippen molar-refractivity contribution in [3.63, 3.8) is 0 Å². The first-order valence-corrected chi connectivity index (χ1v) is 10.3. The number of carbonyl (C=O) groups excluding carboxylic acids is 1. The lowest BCUT2D eigenvalue weighted by molar-refractivity contribution is -0.127. The Balaban J connectivity index is 1.50. The van der Waals surface area contributed by atoms with Gasteiger partial charge < -0.3 is 9.32 Å². The van der Waals surface area contributed by atoms with E-state index in [-0.39, 0.29) is 18.4 Å². The van der Waals surface area contributed by atoms with Crippen molar-refractivity contribution in [2.24, 2.45) is 5.92 Å². The van der Waals surface area contributed by atoms with Gasteiger partial charge in [-0.25, -0.2) is 21.9 Å². The second-order valence-corrected chi connectivity index (χ2v) is 8.28. The highest BCUT2D eigenvalue weighted by Crippen LogP contribution is 2.20. The molecular weight excluding hydrogens is 390 g/mol. The van der Waals surface area contributed by atoms with Gasteiger partial charge in [0.15, 0.2) is 0 Å². The van der Waals surface area contributed by atoms with Crippen LogP contribution in [0, 0.1) is 17.6 Å². The highest BCUT2D eigenvalue weighted by molar-refractivity contribution is 7.89. The standard InChI is InChI=1S/C19H20F2N2O4S/c20-15-3-5-17(21)18(12-15)28(25,26)22-13-14-7-9-23(10-8-14)19(24)6-4-16-2-1-11-27-16/h1-6,11-12,14,22H,7-10,13H2/b6-4+. The molecule has 1 amide bonds. The number of amides is 1. The van der Waals surface area contributed by atoms with Gasteiger partial charge in [-0.15, -0.1) is 0 Å². The summed E-state index contributed by atoms with van der Waals surface area (Å²) in [4.78, 5) is 13.2. The van der Waals surface area contributed by atoms with E-state index in [0.717, 1.165) is 12.1 Å². The fourth-order valence-corrected chi connectivity index (χ4v) is 4.19. The fourth-order valence-electron chi connectivity index (χ4n) is 2.99. The van der Waals surface area contributed by atoms with Crippen molar-refractivity contribution < 1.29 is 26.4 Å². The zero-order valence-corrected chi connectivity index (χ0v) is 15.8. The number of halogens is 2. The summed E-state index contributed by atoms with van der Waals surface area (Å²) in [6, 6.07) is 5.77. The average molecular weight is 410 g/mol. The minimum absolute atomic E-state index is 0.00417. The molecule has 0 bridgehead atoms. The smallest absolute Gasteiger partial charge is 0.246 e. The van der Waals surface area contributed by atoms with Crippen molar-refractivity contribution in [3.05, 3.63) is 60.1 Å². The van der Waals surface area contributed by atoms with Gasteiger partial charge in [0.2, 0.25) is 15.9 Å². The van der Waals surface area contributed by atoms with Crippen LogP contribution in [0.5, 0.6) is 0 Å². The summed E-state index contributed by atoms with van der Waals surface area (Å²) in [5.41, 5.74) is 0. The summed E-state index contributed by atoms with van der Waals surface area (Å²) in [5.74, 6) is -1.38. The lowest BCUT2D eigenvalue weighted by Crippen LogP contribution is -2.41. The van der Waals surface area contributed by atoms with E-state index in [1.165, 1.54) is 12.3 Å². The number of nitrogens with zero attached hydrogens (tertiary/aromatic N) is 1. The molecule has 28 heavy (non-hydrogen) atoms. The summed E-state index contributed by atoms with van der Waals surface area (Å²) in [6.45, 7) is 1.08. The Morgan fingerprint density at radius 2 is 2.00 bits per heavy atom. The number of rotatable bonds is 6. The normalized spacial score (nSPS) is 16.0. The van der Waals surface area contributed by atoms with Crippen LogP contribution in [0.2, 0.25) is 0 Å². The van der Waals surface area contributed by atoms with E-state index in [1.807, 2.05) is 0 Å². The molecule has 1 aromatic heterocycles. The Morgan fingerprint density at radius 1 is 1.25 bits per heavy atom. The molecule has 2 heterocycles. The number of carbonyl (C=O) groups is 1. The molecule has 3 rings (SSSR count). The van der Waals surface area contributed by atoms with Gasteiger partial charge in [0.05, 0.1) is 6.26 Å². The Labute approximate surface area is 161 Å². The van der Waals surface area contributed by atoms with Crippen LogP contribution in [-0.2, 0) is 14.8 Å². The molecule has 9 heteroatoms. The predicted molar refractivity (Wildman–Crippen MR) is 98.6 cm³/mol. The molecule has 0 spiro atoms. The number of benzene rings is 1. The maximum Gasteiger partial charge on any atom is 0.246 e. The molecule has 150 valence electrons. The number of hydrogen-bond acceptors (Lipinski definition) is 4. The van der Waals surface area contributed by atoms with Crippen LogP contribution in [0.1, 0.15) is 18.6 Å². The van der Waals surface area contributed by atoms with Gasteiger partial charge in [0.1, 0.15) is 22.3 Å². The molecule has 6 nitrogen and oxygen atoms in total. The fraction of sp³-hybridized carbons (Fsp3) is 0.316. The van der Waals surface area contributed by atoms with Gasteiger partial charge in [-0.1, -0.05) is 0 Å². The first kappa shape index (κ1) is 20.2. The van der Waals surface area contributed by atoms with Crippen molar-refractivity contribution >= 4 is 22.0 Å². The molecule has 1 fully saturated rings. The van der Waals surface area contributed by atoms with Crippen LogP contribution in [0.4, 0.5) is 8.78 Å². The maximum absolute atomic E-state index is 13.7. The predicted octanol–water partition coefficient (Wildman–Crippen LogP) is 2.79. The van der Waals surface area contributed by atoms with Crippen LogP contribution in [0.15, 0.2) is 52.0 Å². The third-order valence-corrected chi connectivity index (χ3v) is 6.04. The monoisotopic (exact) mass is 410 g/mol. The molecule has 1 aliphatic heterocycles. The van der Waals surface area contributed by atoms with E-state index in [2.05, 4.69) is 4.72 Å². The highest BCUT2D eigenvalue weighted by Gasteiger charge is 2.25. The molecule has 0 radical (unpaired) electrons. The molecular formula is C19H20F2N2O4S. The topological polar surface area (TPSA) is 79.6 Å². The summed E-state index contributed by atoms with van der Waals surface area (Å²) >= 11 is 0. The first-order valence-electron chi connectivity index (χ1n) is 8.80. The van der Waals surface area contributed by atoms with E-state index in [4.69, 9.17) is 4.42 Å². The van der Waals surface area contributed by atoms with Gasteiger partial charge in [-0.05, 0) is 55.2 Å². The molecule has 2 aromatic rings. The molecule has 1 aliphatic rings. The largest absolute Gasteiger partial charge is 0.465 e. The van der Waals surface area contributed by atoms with Gasteiger partial charge in [-0.3, -0.25) is 4.79 Å².